The van der Waals surface area contributed by atoms with Gasteiger partial charge in [-0.1, -0.05) is 37.3 Å². The van der Waals surface area contributed by atoms with Crippen molar-refractivity contribution < 1.29 is 9.53 Å². The molecule has 0 saturated heterocycles. The van der Waals surface area contributed by atoms with Crippen molar-refractivity contribution in [3.8, 4) is 0 Å². The van der Waals surface area contributed by atoms with Gasteiger partial charge in [0.15, 0.2) is 0 Å². The van der Waals surface area contributed by atoms with Crippen LogP contribution in [0.25, 0.3) is 0 Å². The van der Waals surface area contributed by atoms with Crippen molar-refractivity contribution in [2.45, 2.75) is 64.6 Å². The van der Waals surface area contributed by atoms with Crippen molar-refractivity contribution >= 4 is 6.29 Å². The lowest BCUT2D eigenvalue weighted by molar-refractivity contribution is -0.104. The minimum atomic E-state index is 0.424. The first-order valence-electron chi connectivity index (χ1n) is 8.61. The summed E-state index contributed by atoms with van der Waals surface area (Å²) in [4.78, 5) is 10.2. The summed E-state index contributed by atoms with van der Waals surface area (Å²) in [7, 11) is 0. The summed E-state index contributed by atoms with van der Waals surface area (Å²) in [6, 6.07) is 8.76. The fraction of sp³-hybridized carbons (Fsp3) is 0.550. The minimum Gasteiger partial charge on any atom is -0.374 e. The van der Waals surface area contributed by atoms with Crippen molar-refractivity contribution in [1.82, 2.24) is 0 Å². The Labute approximate surface area is 134 Å². The topological polar surface area (TPSA) is 26.3 Å². The second-order valence-corrected chi connectivity index (χ2v) is 6.27. The molecule has 0 radical (unpaired) electrons. The molecule has 0 amide bonds. The largest absolute Gasteiger partial charge is 0.374 e. The van der Waals surface area contributed by atoms with Crippen LogP contribution in [0.15, 0.2) is 36.4 Å². The standard InChI is InChI=1S/C20H28O2/c1-2-17-7-9-19(10-8-17)16-22-20-13-11-18(12-14-20)6-4-3-5-15-21/h3,5,7-10,15,18,20H,2,4,6,11-14,16H2,1H3/b5-3+. The summed E-state index contributed by atoms with van der Waals surface area (Å²) in [6.45, 7) is 2.92. The van der Waals surface area contributed by atoms with Gasteiger partial charge in [-0.15, -0.1) is 0 Å². The van der Waals surface area contributed by atoms with Crippen molar-refractivity contribution in [2.24, 2.45) is 5.92 Å². The molecule has 0 aliphatic heterocycles. The van der Waals surface area contributed by atoms with E-state index >= 15 is 0 Å². The normalized spacial score (nSPS) is 22.0. The Bertz CT molecular complexity index is 453. The Morgan fingerprint density at radius 2 is 1.77 bits per heavy atom. The summed E-state index contributed by atoms with van der Waals surface area (Å²) < 4.78 is 6.07. The van der Waals surface area contributed by atoms with Crippen LogP contribution in [0.4, 0.5) is 0 Å². The van der Waals surface area contributed by atoms with E-state index in [0.29, 0.717) is 6.10 Å². The molecule has 0 heterocycles. The first-order chi connectivity index (χ1) is 10.8. The summed E-state index contributed by atoms with van der Waals surface area (Å²) in [5.74, 6) is 0.806. The van der Waals surface area contributed by atoms with E-state index in [4.69, 9.17) is 4.74 Å². The lowest BCUT2D eigenvalue weighted by atomic mass is 9.84. The van der Waals surface area contributed by atoms with Crippen LogP contribution in [0.1, 0.15) is 56.6 Å². The average Bonchev–Trinajstić information content (AvgIpc) is 2.58. The van der Waals surface area contributed by atoms with Gasteiger partial charge in [-0.3, -0.25) is 4.79 Å². The van der Waals surface area contributed by atoms with E-state index in [1.807, 2.05) is 6.08 Å². The van der Waals surface area contributed by atoms with Gasteiger partial charge in [-0.2, -0.15) is 0 Å². The smallest absolute Gasteiger partial charge is 0.142 e. The first kappa shape index (κ1) is 17.0. The second kappa shape index (κ2) is 9.58. The zero-order chi connectivity index (χ0) is 15.6. The van der Waals surface area contributed by atoms with Crippen LogP contribution in [0.2, 0.25) is 0 Å². The van der Waals surface area contributed by atoms with E-state index in [1.165, 1.54) is 43.2 Å². The van der Waals surface area contributed by atoms with Crippen molar-refractivity contribution in [3.05, 3.63) is 47.5 Å². The number of hydrogen-bond donors (Lipinski definition) is 0. The molecule has 1 aliphatic rings. The summed E-state index contributed by atoms with van der Waals surface area (Å²) in [6.07, 6.45) is 13.1. The number of hydrogen-bond acceptors (Lipinski definition) is 2. The quantitative estimate of drug-likeness (QED) is 0.506. The number of aldehydes is 1. The Morgan fingerprint density at radius 1 is 1.09 bits per heavy atom. The highest BCUT2D eigenvalue weighted by atomic mass is 16.5. The number of carbonyl (C=O) groups is 1. The first-order valence-corrected chi connectivity index (χ1v) is 8.61. The van der Waals surface area contributed by atoms with Crippen LogP contribution in [0.3, 0.4) is 0 Å². The maximum atomic E-state index is 10.2. The summed E-state index contributed by atoms with van der Waals surface area (Å²) in [5, 5.41) is 0. The fourth-order valence-electron chi connectivity index (χ4n) is 3.16. The van der Waals surface area contributed by atoms with Gasteiger partial charge in [-0.25, -0.2) is 0 Å². The van der Waals surface area contributed by atoms with E-state index in [-0.39, 0.29) is 0 Å². The molecule has 1 aliphatic carbocycles. The number of carbonyl (C=O) groups excluding carboxylic acids is 1. The highest BCUT2D eigenvalue weighted by Gasteiger charge is 2.21. The third kappa shape index (κ3) is 5.76. The van der Waals surface area contributed by atoms with E-state index in [2.05, 4.69) is 31.2 Å². The van der Waals surface area contributed by atoms with E-state index in [1.54, 1.807) is 6.08 Å². The van der Waals surface area contributed by atoms with Gasteiger partial charge in [0.05, 0.1) is 12.7 Å². The van der Waals surface area contributed by atoms with Gasteiger partial charge < -0.3 is 4.74 Å². The molecule has 0 unspecified atom stereocenters. The Kier molecular flexibility index (Phi) is 7.38. The van der Waals surface area contributed by atoms with Gasteiger partial charge >= 0.3 is 0 Å². The Morgan fingerprint density at radius 3 is 2.41 bits per heavy atom. The molecule has 2 nitrogen and oxygen atoms in total. The van der Waals surface area contributed by atoms with Crippen molar-refractivity contribution in [3.63, 3.8) is 0 Å². The molecule has 1 fully saturated rings. The van der Waals surface area contributed by atoms with Crippen molar-refractivity contribution in [1.29, 1.82) is 0 Å². The third-order valence-electron chi connectivity index (χ3n) is 4.67. The predicted octanol–water partition coefficient (Wildman–Crippen LogP) is 4.86. The van der Waals surface area contributed by atoms with E-state index in [0.717, 1.165) is 31.7 Å². The maximum Gasteiger partial charge on any atom is 0.142 e. The van der Waals surface area contributed by atoms with Crippen LogP contribution >= 0.6 is 0 Å². The molecule has 1 aromatic rings. The van der Waals surface area contributed by atoms with Crippen LogP contribution in [-0.4, -0.2) is 12.4 Å². The molecule has 2 heteroatoms. The van der Waals surface area contributed by atoms with Crippen LogP contribution in [-0.2, 0) is 22.6 Å². The Balaban J connectivity index is 1.64. The molecule has 1 saturated carbocycles. The monoisotopic (exact) mass is 300 g/mol. The zero-order valence-corrected chi connectivity index (χ0v) is 13.7. The minimum absolute atomic E-state index is 0.424. The number of aryl methyl sites for hydroxylation is 1. The predicted molar refractivity (Wildman–Crippen MR) is 90.8 cm³/mol. The molecule has 0 aromatic heterocycles. The zero-order valence-electron chi connectivity index (χ0n) is 13.7. The third-order valence-corrected chi connectivity index (χ3v) is 4.67. The van der Waals surface area contributed by atoms with Gasteiger partial charge in [0, 0.05) is 0 Å². The van der Waals surface area contributed by atoms with Crippen LogP contribution in [0, 0.1) is 5.92 Å². The maximum absolute atomic E-state index is 10.2. The second-order valence-electron chi connectivity index (χ2n) is 6.27. The molecule has 0 N–H and O–H groups in total. The van der Waals surface area contributed by atoms with Gasteiger partial charge in [0.2, 0.25) is 0 Å². The molecule has 0 atom stereocenters. The fourth-order valence-corrected chi connectivity index (χ4v) is 3.16. The molecule has 0 bridgehead atoms. The molecule has 120 valence electrons. The molecular weight excluding hydrogens is 272 g/mol. The van der Waals surface area contributed by atoms with Crippen molar-refractivity contribution in [2.75, 3.05) is 0 Å². The number of allylic oxidation sites excluding steroid dienone is 2. The molecule has 2 rings (SSSR count). The van der Waals surface area contributed by atoms with E-state index < -0.39 is 0 Å². The highest BCUT2D eigenvalue weighted by Crippen LogP contribution is 2.30. The summed E-state index contributed by atoms with van der Waals surface area (Å²) >= 11 is 0. The number of ether oxygens (including phenoxy) is 1. The SMILES string of the molecule is CCc1ccc(COC2CCC(CC/C=C/C=O)CC2)cc1. The van der Waals surface area contributed by atoms with Gasteiger partial charge in [0.1, 0.15) is 6.29 Å². The van der Waals surface area contributed by atoms with Crippen LogP contribution < -0.4 is 0 Å². The number of benzene rings is 1. The van der Waals surface area contributed by atoms with Crippen LogP contribution in [0.5, 0.6) is 0 Å². The molecule has 22 heavy (non-hydrogen) atoms. The molecule has 0 spiro atoms. The lowest BCUT2D eigenvalue weighted by Crippen LogP contribution is -2.21. The van der Waals surface area contributed by atoms with Gasteiger partial charge in [-0.05, 0) is 68.1 Å². The molecule has 1 aromatic carbocycles. The van der Waals surface area contributed by atoms with E-state index in [9.17, 15) is 4.79 Å². The average molecular weight is 300 g/mol. The molecular formula is C20H28O2. The summed E-state index contributed by atoms with van der Waals surface area (Å²) in [5.41, 5.74) is 2.66. The lowest BCUT2D eigenvalue weighted by Gasteiger charge is -2.28. The Hall–Kier alpha value is -1.41. The highest BCUT2D eigenvalue weighted by molar-refractivity contribution is 5.64. The van der Waals surface area contributed by atoms with Gasteiger partial charge in [0.25, 0.3) is 0 Å². The number of rotatable bonds is 8.